The molecule has 1 saturated heterocycles. The van der Waals surface area contributed by atoms with Crippen molar-refractivity contribution in [1.82, 2.24) is 15.8 Å². The number of para-hydroxylation sites is 1. The number of rotatable bonds is 7. The lowest BCUT2D eigenvalue weighted by atomic mass is 10.0. The number of piperazine rings is 1. The van der Waals surface area contributed by atoms with Crippen LogP contribution in [0.5, 0.6) is 0 Å². The molecule has 0 unspecified atom stereocenters. The van der Waals surface area contributed by atoms with E-state index in [1.807, 2.05) is 19.9 Å². The molecule has 1 aromatic carbocycles. The Bertz CT molecular complexity index is 538. The van der Waals surface area contributed by atoms with Gasteiger partial charge in [-0.15, -0.1) is 0 Å². The minimum Gasteiger partial charge on any atom is -0.369 e. The Hall–Kier alpha value is -2.08. The number of nitrogens with one attached hydrogen (secondary N) is 2. The van der Waals surface area contributed by atoms with Crippen LogP contribution in [0.1, 0.15) is 33.1 Å². The van der Waals surface area contributed by atoms with Crippen LogP contribution < -0.4 is 15.8 Å². The van der Waals surface area contributed by atoms with Gasteiger partial charge in [0.25, 0.3) is 0 Å². The maximum absolute atomic E-state index is 11.9. The van der Waals surface area contributed by atoms with Crippen molar-refractivity contribution in [2.45, 2.75) is 33.1 Å². The number of hydrazine groups is 1. The third kappa shape index (κ3) is 6.05. The molecule has 138 valence electrons. The fraction of sp³-hybridized carbons (Fsp3) is 0.579. The van der Waals surface area contributed by atoms with E-state index in [-0.39, 0.29) is 17.7 Å². The molecule has 0 radical (unpaired) electrons. The lowest BCUT2D eigenvalue weighted by Gasteiger charge is -2.36. The highest BCUT2D eigenvalue weighted by Gasteiger charge is 2.18. The number of benzene rings is 1. The second-order valence-electron chi connectivity index (χ2n) is 6.47. The average Bonchev–Trinajstić information content (AvgIpc) is 2.67. The van der Waals surface area contributed by atoms with Gasteiger partial charge in [0.05, 0.1) is 0 Å². The monoisotopic (exact) mass is 346 g/mol. The number of hydrogen-bond acceptors (Lipinski definition) is 4. The van der Waals surface area contributed by atoms with Crippen molar-refractivity contribution in [1.29, 1.82) is 0 Å². The van der Waals surface area contributed by atoms with Crippen LogP contribution in [0, 0.1) is 5.92 Å². The van der Waals surface area contributed by atoms with Crippen LogP contribution in [0.15, 0.2) is 30.3 Å². The van der Waals surface area contributed by atoms with Crippen LogP contribution in [0.25, 0.3) is 0 Å². The molecule has 0 aromatic heterocycles. The summed E-state index contributed by atoms with van der Waals surface area (Å²) in [4.78, 5) is 28.4. The van der Waals surface area contributed by atoms with Gasteiger partial charge in [0.15, 0.2) is 0 Å². The van der Waals surface area contributed by atoms with E-state index in [2.05, 4.69) is 44.9 Å². The number of amides is 2. The standard InChI is InChI=1S/C19H30N4O2/c1-3-16(4-2)19(25)21-20-18(24)10-11-22-12-14-23(15-13-22)17-8-6-5-7-9-17/h5-9,16H,3-4,10-15H2,1-2H3,(H,20,24)(H,21,25). The zero-order valence-corrected chi connectivity index (χ0v) is 15.3. The van der Waals surface area contributed by atoms with Gasteiger partial charge in [-0.3, -0.25) is 25.3 Å². The molecule has 0 saturated carbocycles. The molecule has 0 bridgehead atoms. The smallest absolute Gasteiger partial charge is 0.241 e. The van der Waals surface area contributed by atoms with Gasteiger partial charge < -0.3 is 4.90 Å². The maximum Gasteiger partial charge on any atom is 0.241 e. The molecule has 1 aliphatic rings. The van der Waals surface area contributed by atoms with Crippen LogP contribution in [0.3, 0.4) is 0 Å². The number of carbonyl (C=O) groups is 2. The molecule has 25 heavy (non-hydrogen) atoms. The van der Waals surface area contributed by atoms with Crippen molar-refractivity contribution in [2.24, 2.45) is 5.92 Å². The minimum absolute atomic E-state index is 0.0358. The molecule has 1 aromatic rings. The van der Waals surface area contributed by atoms with Crippen molar-refractivity contribution in [3.05, 3.63) is 30.3 Å². The zero-order valence-electron chi connectivity index (χ0n) is 15.3. The lowest BCUT2D eigenvalue weighted by Crippen LogP contribution is -2.48. The van der Waals surface area contributed by atoms with E-state index in [0.29, 0.717) is 6.42 Å². The second kappa shape index (κ2) is 10.0. The number of nitrogens with zero attached hydrogens (tertiary/aromatic N) is 2. The van der Waals surface area contributed by atoms with Crippen LogP contribution in [0.4, 0.5) is 5.69 Å². The van der Waals surface area contributed by atoms with E-state index in [0.717, 1.165) is 45.6 Å². The van der Waals surface area contributed by atoms with E-state index in [1.165, 1.54) is 5.69 Å². The summed E-state index contributed by atoms with van der Waals surface area (Å²) >= 11 is 0. The Balaban J connectivity index is 1.64. The molecule has 2 N–H and O–H groups in total. The second-order valence-corrected chi connectivity index (χ2v) is 6.47. The third-order valence-corrected chi connectivity index (χ3v) is 4.83. The first kappa shape index (κ1) is 19.2. The highest BCUT2D eigenvalue weighted by Crippen LogP contribution is 2.15. The summed E-state index contributed by atoms with van der Waals surface area (Å²) in [7, 11) is 0. The quantitative estimate of drug-likeness (QED) is 0.739. The Morgan fingerprint density at radius 2 is 1.64 bits per heavy atom. The van der Waals surface area contributed by atoms with Gasteiger partial charge in [-0.1, -0.05) is 32.0 Å². The molecule has 2 rings (SSSR count). The van der Waals surface area contributed by atoms with E-state index >= 15 is 0 Å². The minimum atomic E-state index is -0.134. The summed E-state index contributed by atoms with van der Waals surface area (Å²) in [6.45, 7) is 8.50. The van der Waals surface area contributed by atoms with Crippen LogP contribution >= 0.6 is 0 Å². The molecule has 6 nitrogen and oxygen atoms in total. The summed E-state index contributed by atoms with van der Waals surface area (Å²) < 4.78 is 0. The molecule has 2 amide bonds. The molecular formula is C19H30N4O2. The van der Waals surface area contributed by atoms with Crippen molar-refractivity contribution in [2.75, 3.05) is 37.6 Å². The topological polar surface area (TPSA) is 64.7 Å². The van der Waals surface area contributed by atoms with E-state index in [4.69, 9.17) is 0 Å². The highest BCUT2D eigenvalue weighted by atomic mass is 16.2. The molecule has 1 aliphatic heterocycles. The predicted octanol–water partition coefficient (Wildman–Crippen LogP) is 1.78. The van der Waals surface area contributed by atoms with Crippen molar-refractivity contribution >= 4 is 17.5 Å². The summed E-state index contributed by atoms with van der Waals surface area (Å²) in [6, 6.07) is 10.4. The largest absolute Gasteiger partial charge is 0.369 e. The van der Waals surface area contributed by atoms with Gasteiger partial charge in [0, 0.05) is 50.7 Å². The Kier molecular flexibility index (Phi) is 7.73. The fourth-order valence-electron chi connectivity index (χ4n) is 3.08. The van der Waals surface area contributed by atoms with E-state index in [9.17, 15) is 9.59 Å². The van der Waals surface area contributed by atoms with Gasteiger partial charge >= 0.3 is 0 Å². The third-order valence-electron chi connectivity index (χ3n) is 4.83. The molecule has 0 spiro atoms. The van der Waals surface area contributed by atoms with E-state index < -0.39 is 0 Å². The summed E-state index contributed by atoms with van der Waals surface area (Å²) in [5.74, 6) is -0.272. The van der Waals surface area contributed by atoms with Gasteiger partial charge in [-0.05, 0) is 25.0 Å². The Morgan fingerprint density at radius 1 is 1.00 bits per heavy atom. The molecule has 0 aliphatic carbocycles. The number of anilines is 1. The molecule has 6 heteroatoms. The molecule has 1 fully saturated rings. The zero-order chi connectivity index (χ0) is 18.1. The first-order valence-electron chi connectivity index (χ1n) is 9.25. The molecule has 1 heterocycles. The number of carbonyl (C=O) groups excluding carboxylic acids is 2. The van der Waals surface area contributed by atoms with Gasteiger partial charge in [-0.2, -0.15) is 0 Å². The van der Waals surface area contributed by atoms with E-state index in [1.54, 1.807) is 0 Å². The van der Waals surface area contributed by atoms with Gasteiger partial charge in [0.1, 0.15) is 0 Å². The normalized spacial score (nSPS) is 15.2. The SMILES string of the molecule is CCC(CC)C(=O)NNC(=O)CCN1CCN(c2ccccc2)CC1. The molecular weight excluding hydrogens is 316 g/mol. The maximum atomic E-state index is 11.9. The summed E-state index contributed by atoms with van der Waals surface area (Å²) in [5.41, 5.74) is 6.32. The first-order chi connectivity index (χ1) is 12.1. The lowest BCUT2D eigenvalue weighted by molar-refractivity contribution is -0.131. The van der Waals surface area contributed by atoms with Crippen molar-refractivity contribution < 1.29 is 9.59 Å². The fourth-order valence-corrected chi connectivity index (χ4v) is 3.08. The van der Waals surface area contributed by atoms with Gasteiger partial charge in [0.2, 0.25) is 11.8 Å². The van der Waals surface area contributed by atoms with Crippen molar-refractivity contribution in [3.8, 4) is 0 Å². The summed E-state index contributed by atoms with van der Waals surface area (Å²) in [6.07, 6.45) is 1.96. The van der Waals surface area contributed by atoms with Crippen LogP contribution in [-0.4, -0.2) is 49.4 Å². The Labute approximate surface area is 150 Å². The highest BCUT2D eigenvalue weighted by molar-refractivity contribution is 5.83. The van der Waals surface area contributed by atoms with Crippen LogP contribution in [0.2, 0.25) is 0 Å². The molecule has 0 atom stereocenters. The van der Waals surface area contributed by atoms with Crippen molar-refractivity contribution in [3.63, 3.8) is 0 Å². The summed E-state index contributed by atoms with van der Waals surface area (Å²) in [5, 5.41) is 0. The average molecular weight is 346 g/mol. The van der Waals surface area contributed by atoms with Gasteiger partial charge in [-0.25, -0.2) is 0 Å². The first-order valence-corrected chi connectivity index (χ1v) is 9.25. The number of hydrogen-bond donors (Lipinski definition) is 2. The predicted molar refractivity (Wildman–Crippen MR) is 100 cm³/mol. The Morgan fingerprint density at radius 3 is 2.24 bits per heavy atom. The van der Waals surface area contributed by atoms with Crippen LogP contribution in [-0.2, 0) is 9.59 Å².